The Hall–Kier alpha value is -1.87. The smallest absolute Gasteiger partial charge is 0.161 e. The molecule has 0 aliphatic rings. The summed E-state index contributed by atoms with van der Waals surface area (Å²) in [6.45, 7) is 7.72. The maximum Gasteiger partial charge on any atom is 0.161 e. The maximum absolute atomic E-state index is 6.23. The number of ether oxygens (including phenoxy) is 3. The summed E-state index contributed by atoms with van der Waals surface area (Å²) in [6, 6.07) is 11.7. The van der Waals surface area contributed by atoms with Gasteiger partial charge in [-0.05, 0) is 50.1 Å². The Labute approximate surface area is 143 Å². The first-order chi connectivity index (χ1) is 11.1. The van der Waals surface area contributed by atoms with E-state index >= 15 is 0 Å². The van der Waals surface area contributed by atoms with Crippen LogP contribution in [-0.2, 0) is 0 Å². The molecule has 0 unspecified atom stereocenters. The van der Waals surface area contributed by atoms with Crippen LogP contribution in [0.3, 0.4) is 0 Å². The van der Waals surface area contributed by atoms with Gasteiger partial charge in [-0.2, -0.15) is 0 Å². The van der Waals surface area contributed by atoms with Crippen LogP contribution in [0.2, 0.25) is 5.02 Å². The van der Waals surface area contributed by atoms with Crippen molar-refractivity contribution in [2.75, 3.05) is 19.8 Å². The minimum atomic E-state index is 0.556. The van der Waals surface area contributed by atoms with Crippen molar-refractivity contribution in [2.24, 2.45) is 0 Å². The second-order valence-corrected chi connectivity index (χ2v) is 5.73. The van der Waals surface area contributed by atoms with Crippen LogP contribution in [0, 0.1) is 13.8 Å². The summed E-state index contributed by atoms with van der Waals surface area (Å²) in [5.74, 6) is 2.29. The standard InChI is InChI=1S/C19H23ClO3/c1-4-21-17-8-5-6-9-18(17)22-10-7-11-23-19-15(3)12-14(2)13-16(19)20/h5-6,8-9,12-13H,4,7,10-11H2,1-3H3. The highest BCUT2D eigenvalue weighted by Crippen LogP contribution is 2.30. The molecule has 124 valence electrons. The first-order valence-electron chi connectivity index (χ1n) is 7.86. The fraction of sp³-hybridized carbons (Fsp3) is 0.368. The SMILES string of the molecule is CCOc1ccccc1OCCCOc1c(C)cc(C)cc1Cl. The molecule has 3 nitrogen and oxygen atoms in total. The molecular formula is C19H23ClO3. The summed E-state index contributed by atoms with van der Waals surface area (Å²) in [5, 5.41) is 0.658. The van der Waals surface area contributed by atoms with Crippen molar-refractivity contribution in [2.45, 2.75) is 27.2 Å². The largest absolute Gasteiger partial charge is 0.492 e. The van der Waals surface area contributed by atoms with Crippen LogP contribution in [0.4, 0.5) is 0 Å². The minimum Gasteiger partial charge on any atom is -0.492 e. The highest BCUT2D eigenvalue weighted by atomic mass is 35.5. The molecule has 0 atom stereocenters. The van der Waals surface area contributed by atoms with Gasteiger partial charge in [0.15, 0.2) is 11.5 Å². The third kappa shape index (κ3) is 5.07. The van der Waals surface area contributed by atoms with Gasteiger partial charge in [0.2, 0.25) is 0 Å². The predicted molar refractivity (Wildman–Crippen MR) is 94.1 cm³/mol. The molecule has 2 rings (SSSR count). The Morgan fingerprint density at radius 3 is 2.22 bits per heavy atom. The lowest BCUT2D eigenvalue weighted by molar-refractivity contribution is 0.235. The zero-order valence-corrected chi connectivity index (χ0v) is 14.7. The van der Waals surface area contributed by atoms with E-state index in [1.54, 1.807) is 0 Å². The molecular weight excluding hydrogens is 312 g/mol. The maximum atomic E-state index is 6.23. The van der Waals surface area contributed by atoms with E-state index in [2.05, 4.69) is 6.07 Å². The number of aryl methyl sites for hydroxylation is 2. The highest BCUT2D eigenvalue weighted by Gasteiger charge is 2.07. The summed E-state index contributed by atoms with van der Waals surface area (Å²) in [6.07, 6.45) is 0.768. The summed E-state index contributed by atoms with van der Waals surface area (Å²) in [5.41, 5.74) is 2.19. The zero-order valence-electron chi connectivity index (χ0n) is 13.9. The van der Waals surface area contributed by atoms with Gasteiger partial charge in [0.25, 0.3) is 0 Å². The van der Waals surface area contributed by atoms with E-state index in [0.29, 0.717) is 24.8 Å². The van der Waals surface area contributed by atoms with Crippen LogP contribution in [0.5, 0.6) is 17.2 Å². The van der Waals surface area contributed by atoms with Crippen LogP contribution >= 0.6 is 11.6 Å². The predicted octanol–water partition coefficient (Wildman–Crippen LogP) is 5.20. The molecule has 0 radical (unpaired) electrons. The molecule has 0 heterocycles. The summed E-state index contributed by atoms with van der Waals surface area (Å²) in [4.78, 5) is 0. The first-order valence-corrected chi connectivity index (χ1v) is 8.23. The molecule has 0 amide bonds. The van der Waals surface area contributed by atoms with E-state index in [-0.39, 0.29) is 0 Å². The van der Waals surface area contributed by atoms with Crippen molar-refractivity contribution >= 4 is 11.6 Å². The summed E-state index contributed by atoms with van der Waals surface area (Å²) in [7, 11) is 0. The monoisotopic (exact) mass is 334 g/mol. The van der Waals surface area contributed by atoms with E-state index in [1.807, 2.05) is 51.1 Å². The number of hydrogen-bond acceptors (Lipinski definition) is 3. The van der Waals surface area contributed by atoms with Crippen molar-refractivity contribution in [1.29, 1.82) is 0 Å². The third-order valence-corrected chi connectivity index (χ3v) is 3.60. The Kier molecular flexibility index (Phi) is 6.60. The van der Waals surface area contributed by atoms with Crippen LogP contribution in [0.1, 0.15) is 24.5 Å². The van der Waals surface area contributed by atoms with Crippen molar-refractivity contribution in [3.8, 4) is 17.2 Å². The van der Waals surface area contributed by atoms with E-state index in [1.165, 1.54) is 0 Å². The normalized spacial score (nSPS) is 10.4. The zero-order chi connectivity index (χ0) is 16.7. The van der Waals surface area contributed by atoms with Gasteiger partial charge < -0.3 is 14.2 Å². The van der Waals surface area contributed by atoms with E-state index in [9.17, 15) is 0 Å². The molecule has 4 heteroatoms. The molecule has 0 fully saturated rings. The molecule has 0 aromatic heterocycles. The minimum absolute atomic E-state index is 0.556. The Morgan fingerprint density at radius 2 is 1.57 bits per heavy atom. The molecule has 23 heavy (non-hydrogen) atoms. The van der Waals surface area contributed by atoms with E-state index in [4.69, 9.17) is 25.8 Å². The topological polar surface area (TPSA) is 27.7 Å². The summed E-state index contributed by atoms with van der Waals surface area (Å²) >= 11 is 6.23. The fourth-order valence-corrected chi connectivity index (χ4v) is 2.72. The van der Waals surface area contributed by atoms with Gasteiger partial charge >= 0.3 is 0 Å². The molecule has 0 bridgehead atoms. The molecule has 2 aromatic rings. The third-order valence-electron chi connectivity index (χ3n) is 3.32. The van der Waals surface area contributed by atoms with Crippen LogP contribution in [0.25, 0.3) is 0 Å². The molecule has 0 aliphatic heterocycles. The van der Waals surface area contributed by atoms with Crippen molar-refractivity contribution in [1.82, 2.24) is 0 Å². The van der Waals surface area contributed by atoms with Gasteiger partial charge in [0, 0.05) is 6.42 Å². The molecule has 0 saturated carbocycles. The van der Waals surface area contributed by atoms with Crippen LogP contribution < -0.4 is 14.2 Å². The van der Waals surface area contributed by atoms with Crippen molar-refractivity contribution in [3.63, 3.8) is 0 Å². The van der Waals surface area contributed by atoms with Crippen LogP contribution in [-0.4, -0.2) is 19.8 Å². The first kappa shape index (κ1) is 17.5. The number of hydrogen-bond donors (Lipinski definition) is 0. The molecule has 0 saturated heterocycles. The van der Waals surface area contributed by atoms with Gasteiger partial charge in [0.1, 0.15) is 5.75 Å². The quantitative estimate of drug-likeness (QED) is 0.621. The number of rotatable bonds is 8. The molecule has 0 aliphatic carbocycles. The van der Waals surface area contributed by atoms with Crippen molar-refractivity contribution < 1.29 is 14.2 Å². The molecule has 2 aromatic carbocycles. The lowest BCUT2D eigenvalue weighted by Crippen LogP contribution is -2.07. The van der Waals surface area contributed by atoms with Gasteiger partial charge in [-0.25, -0.2) is 0 Å². The second-order valence-electron chi connectivity index (χ2n) is 5.32. The van der Waals surface area contributed by atoms with Gasteiger partial charge in [-0.3, -0.25) is 0 Å². The van der Waals surface area contributed by atoms with E-state index < -0.39 is 0 Å². The lowest BCUT2D eigenvalue weighted by Gasteiger charge is -2.13. The van der Waals surface area contributed by atoms with Gasteiger partial charge in [-0.1, -0.05) is 29.8 Å². The van der Waals surface area contributed by atoms with Crippen molar-refractivity contribution in [3.05, 3.63) is 52.5 Å². The van der Waals surface area contributed by atoms with Gasteiger partial charge in [-0.15, -0.1) is 0 Å². The van der Waals surface area contributed by atoms with Crippen LogP contribution in [0.15, 0.2) is 36.4 Å². The fourth-order valence-electron chi connectivity index (χ4n) is 2.34. The average molecular weight is 335 g/mol. The number of halogens is 1. The summed E-state index contributed by atoms with van der Waals surface area (Å²) < 4.78 is 17.1. The van der Waals surface area contributed by atoms with E-state index in [0.717, 1.165) is 34.8 Å². The Balaban J connectivity index is 1.81. The number of para-hydroxylation sites is 2. The highest BCUT2D eigenvalue weighted by molar-refractivity contribution is 6.32. The Morgan fingerprint density at radius 1 is 0.913 bits per heavy atom. The molecule has 0 N–H and O–H groups in total. The number of benzene rings is 2. The molecule has 0 spiro atoms. The second kappa shape index (κ2) is 8.68. The average Bonchev–Trinajstić information content (AvgIpc) is 2.51. The van der Waals surface area contributed by atoms with Gasteiger partial charge in [0.05, 0.1) is 24.8 Å². The Bertz CT molecular complexity index is 617. The lowest BCUT2D eigenvalue weighted by atomic mass is 10.1.